The van der Waals surface area contributed by atoms with E-state index in [1.807, 2.05) is 18.2 Å². The molecule has 2 aromatic carbocycles. The number of fused-ring (bicyclic) bond motifs is 2. The van der Waals surface area contributed by atoms with Gasteiger partial charge in [0.05, 0.1) is 5.52 Å². The minimum atomic E-state index is -0.467. The van der Waals surface area contributed by atoms with Crippen molar-refractivity contribution in [1.82, 2.24) is 4.57 Å². The molecule has 0 bridgehead atoms. The van der Waals surface area contributed by atoms with Gasteiger partial charge in [0.25, 0.3) is 0 Å². The zero-order valence-corrected chi connectivity index (χ0v) is 14.9. The lowest BCUT2D eigenvalue weighted by Crippen LogP contribution is -2.25. The van der Waals surface area contributed by atoms with Crippen LogP contribution in [0.2, 0.25) is 0 Å². The molecule has 2 amide bonds. The van der Waals surface area contributed by atoms with E-state index in [9.17, 15) is 14.4 Å². The molecule has 0 unspecified atom stereocenters. The third-order valence-electron chi connectivity index (χ3n) is 4.78. The molecule has 27 heavy (non-hydrogen) atoms. The number of rotatable bonds is 4. The van der Waals surface area contributed by atoms with Gasteiger partial charge in [-0.25, -0.2) is 4.79 Å². The van der Waals surface area contributed by atoms with E-state index in [-0.39, 0.29) is 24.8 Å². The number of carbonyl (C=O) groups is 2. The molecular formula is C20H19N3O4. The number of para-hydroxylation sites is 2. The summed E-state index contributed by atoms with van der Waals surface area (Å²) in [5.41, 5.74) is 3.82. The van der Waals surface area contributed by atoms with Crippen molar-refractivity contribution in [2.75, 3.05) is 16.8 Å². The van der Waals surface area contributed by atoms with Crippen molar-refractivity contribution in [3.63, 3.8) is 0 Å². The van der Waals surface area contributed by atoms with E-state index in [0.29, 0.717) is 23.3 Å². The van der Waals surface area contributed by atoms with E-state index in [1.54, 1.807) is 36.1 Å². The third-order valence-corrected chi connectivity index (χ3v) is 4.78. The Kier molecular flexibility index (Phi) is 4.27. The number of carbonyl (C=O) groups excluding carboxylic acids is 2. The second-order valence-electron chi connectivity index (χ2n) is 6.55. The summed E-state index contributed by atoms with van der Waals surface area (Å²) in [7, 11) is 0. The predicted molar refractivity (Wildman–Crippen MR) is 102 cm³/mol. The molecule has 0 radical (unpaired) electrons. The Balaban J connectivity index is 1.44. The van der Waals surface area contributed by atoms with E-state index in [2.05, 4.69) is 5.32 Å². The van der Waals surface area contributed by atoms with Crippen LogP contribution in [0, 0.1) is 0 Å². The second-order valence-corrected chi connectivity index (χ2v) is 6.55. The van der Waals surface area contributed by atoms with Crippen LogP contribution in [-0.4, -0.2) is 22.9 Å². The largest absolute Gasteiger partial charge is 0.419 e. The maximum atomic E-state index is 12.3. The highest BCUT2D eigenvalue weighted by Crippen LogP contribution is 2.30. The molecule has 1 aliphatic rings. The Morgan fingerprint density at radius 3 is 2.81 bits per heavy atom. The van der Waals surface area contributed by atoms with Crippen LogP contribution in [0.15, 0.2) is 51.7 Å². The first kappa shape index (κ1) is 17.1. The van der Waals surface area contributed by atoms with Crippen LogP contribution >= 0.6 is 0 Å². The fourth-order valence-corrected chi connectivity index (χ4v) is 3.47. The smallest absolute Gasteiger partial charge is 0.408 e. The first-order valence-electron chi connectivity index (χ1n) is 8.82. The quantitative estimate of drug-likeness (QED) is 0.770. The molecule has 138 valence electrons. The summed E-state index contributed by atoms with van der Waals surface area (Å²) in [5.74, 6) is -0.636. The van der Waals surface area contributed by atoms with E-state index in [1.165, 1.54) is 4.57 Å². The number of amides is 2. The summed E-state index contributed by atoms with van der Waals surface area (Å²) in [5, 5.41) is 2.86. The zero-order chi connectivity index (χ0) is 19.0. The highest BCUT2D eigenvalue weighted by Gasteiger charge is 2.22. The van der Waals surface area contributed by atoms with Crippen molar-refractivity contribution in [2.24, 2.45) is 0 Å². The molecule has 7 nitrogen and oxygen atoms in total. The summed E-state index contributed by atoms with van der Waals surface area (Å²) in [6.07, 6.45) is 0.926. The topological polar surface area (TPSA) is 84.5 Å². The molecule has 0 saturated heterocycles. The lowest BCUT2D eigenvalue weighted by Gasteiger charge is -2.15. The van der Waals surface area contributed by atoms with Gasteiger partial charge in [-0.3, -0.25) is 14.2 Å². The lowest BCUT2D eigenvalue weighted by atomic mass is 10.1. The summed E-state index contributed by atoms with van der Waals surface area (Å²) in [6, 6.07) is 12.7. The Labute approximate surface area is 155 Å². The van der Waals surface area contributed by atoms with Gasteiger partial charge in [0.2, 0.25) is 11.8 Å². The second kappa shape index (κ2) is 6.75. The lowest BCUT2D eigenvalue weighted by molar-refractivity contribution is -0.117. The van der Waals surface area contributed by atoms with Crippen molar-refractivity contribution in [3.05, 3.63) is 58.6 Å². The number of benzene rings is 2. The SMILES string of the molecule is CC(=O)N1CCc2cc(NC(=O)CCn3c(=O)oc4ccccc43)ccc21. The van der Waals surface area contributed by atoms with Crippen molar-refractivity contribution in [3.8, 4) is 0 Å². The third kappa shape index (κ3) is 3.23. The van der Waals surface area contributed by atoms with Gasteiger partial charge in [-0.2, -0.15) is 0 Å². The molecule has 0 aliphatic carbocycles. The standard InChI is InChI=1S/C20H19N3O4/c1-13(24)22-10-8-14-12-15(6-7-16(14)22)21-19(25)9-11-23-17-4-2-3-5-18(17)27-20(23)26/h2-7,12H,8-11H2,1H3,(H,21,25). The number of oxazole rings is 1. The highest BCUT2D eigenvalue weighted by molar-refractivity contribution is 5.95. The minimum absolute atomic E-state index is 0.0170. The van der Waals surface area contributed by atoms with E-state index in [0.717, 1.165) is 17.7 Å². The molecule has 1 aliphatic heterocycles. The molecule has 1 N–H and O–H groups in total. The van der Waals surface area contributed by atoms with Crippen LogP contribution in [0.4, 0.5) is 11.4 Å². The Bertz CT molecular complexity index is 1100. The van der Waals surface area contributed by atoms with Gasteiger partial charge >= 0.3 is 5.76 Å². The molecule has 0 fully saturated rings. The van der Waals surface area contributed by atoms with E-state index < -0.39 is 5.76 Å². The van der Waals surface area contributed by atoms with Crippen molar-refractivity contribution < 1.29 is 14.0 Å². The number of nitrogens with zero attached hydrogens (tertiary/aromatic N) is 2. The number of aromatic nitrogens is 1. The van der Waals surface area contributed by atoms with Gasteiger partial charge in [-0.05, 0) is 42.3 Å². The maximum absolute atomic E-state index is 12.3. The fraction of sp³-hybridized carbons (Fsp3) is 0.250. The first-order valence-corrected chi connectivity index (χ1v) is 8.82. The molecule has 0 atom stereocenters. The van der Waals surface area contributed by atoms with Gasteiger partial charge in [0, 0.05) is 37.8 Å². The minimum Gasteiger partial charge on any atom is -0.408 e. The van der Waals surface area contributed by atoms with Crippen LogP contribution in [0.5, 0.6) is 0 Å². The molecule has 2 heterocycles. The predicted octanol–water partition coefficient (Wildman–Crippen LogP) is 2.53. The molecule has 1 aromatic heterocycles. The summed E-state index contributed by atoms with van der Waals surface area (Å²) < 4.78 is 6.63. The summed E-state index contributed by atoms with van der Waals surface area (Å²) >= 11 is 0. The summed E-state index contributed by atoms with van der Waals surface area (Å²) in [4.78, 5) is 37.6. The van der Waals surface area contributed by atoms with E-state index in [4.69, 9.17) is 4.42 Å². The maximum Gasteiger partial charge on any atom is 0.419 e. The van der Waals surface area contributed by atoms with Gasteiger partial charge in [0.15, 0.2) is 5.58 Å². The first-order chi connectivity index (χ1) is 13.0. The monoisotopic (exact) mass is 365 g/mol. The average molecular weight is 365 g/mol. The van der Waals surface area contributed by atoms with Gasteiger partial charge in [-0.15, -0.1) is 0 Å². The van der Waals surface area contributed by atoms with Crippen LogP contribution in [0.3, 0.4) is 0 Å². The number of nitrogens with one attached hydrogen (secondary N) is 1. The van der Waals surface area contributed by atoms with Crippen molar-refractivity contribution in [2.45, 2.75) is 26.3 Å². The normalized spacial score (nSPS) is 13.0. The number of hydrogen-bond acceptors (Lipinski definition) is 4. The van der Waals surface area contributed by atoms with Crippen LogP contribution in [0.25, 0.3) is 11.1 Å². The number of aryl methyl sites for hydroxylation is 1. The molecular weight excluding hydrogens is 346 g/mol. The molecule has 4 rings (SSSR count). The van der Waals surface area contributed by atoms with Crippen molar-refractivity contribution >= 4 is 34.3 Å². The van der Waals surface area contributed by atoms with Gasteiger partial charge in [-0.1, -0.05) is 12.1 Å². The van der Waals surface area contributed by atoms with E-state index >= 15 is 0 Å². The summed E-state index contributed by atoms with van der Waals surface area (Å²) in [6.45, 7) is 2.45. The zero-order valence-electron chi connectivity index (χ0n) is 14.9. The van der Waals surface area contributed by atoms with Gasteiger partial charge < -0.3 is 14.6 Å². The number of hydrogen-bond donors (Lipinski definition) is 1. The van der Waals surface area contributed by atoms with Crippen LogP contribution in [-0.2, 0) is 22.6 Å². The molecule has 0 spiro atoms. The van der Waals surface area contributed by atoms with Crippen molar-refractivity contribution in [1.29, 1.82) is 0 Å². The molecule has 0 saturated carbocycles. The Morgan fingerprint density at radius 2 is 2.00 bits per heavy atom. The van der Waals surface area contributed by atoms with Gasteiger partial charge in [0.1, 0.15) is 0 Å². The average Bonchev–Trinajstić information content (AvgIpc) is 3.20. The Hall–Kier alpha value is -3.35. The fourth-order valence-electron chi connectivity index (χ4n) is 3.47. The number of anilines is 2. The molecule has 3 aromatic rings. The highest BCUT2D eigenvalue weighted by atomic mass is 16.4. The van der Waals surface area contributed by atoms with Crippen LogP contribution < -0.4 is 16.0 Å². The molecule has 7 heteroatoms. The Morgan fingerprint density at radius 1 is 1.19 bits per heavy atom. The van der Waals surface area contributed by atoms with Crippen LogP contribution in [0.1, 0.15) is 18.9 Å².